The summed E-state index contributed by atoms with van der Waals surface area (Å²) >= 11 is 1.51. The molecule has 0 aliphatic carbocycles. The zero-order valence-electron chi connectivity index (χ0n) is 7.02. The van der Waals surface area contributed by atoms with E-state index in [4.69, 9.17) is 0 Å². The van der Waals surface area contributed by atoms with E-state index in [0.717, 1.165) is 5.69 Å². The minimum absolute atomic E-state index is 0.0250. The number of likely N-dealkylation sites (N-methyl/N-ethyl adjacent to an activating group) is 1. The first-order valence-electron chi connectivity index (χ1n) is 3.47. The molecule has 0 aliphatic rings. The van der Waals surface area contributed by atoms with Crippen molar-refractivity contribution in [3.63, 3.8) is 0 Å². The Hall–Kier alpha value is -1.16. The fourth-order valence-electron chi connectivity index (χ4n) is 0.610. The van der Waals surface area contributed by atoms with Gasteiger partial charge in [-0.3, -0.25) is 4.79 Å². The van der Waals surface area contributed by atoms with E-state index in [9.17, 15) is 4.79 Å². The molecule has 1 aromatic heterocycles. The summed E-state index contributed by atoms with van der Waals surface area (Å²) in [5.74, 6) is -0.0250. The molecule has 3 nitrogen and oxygen atoms in total. The minimum Gasteiger partial charge on any atom is -0.345 e. The lowest BCUT2D eigenvalue weighted by molar-refractivity contribution is -0.123. The molecule has 0 atom stereocenters. The van der Waals surface area contributed by atoms with E-state index in [1.54, 1.807) is 25.7 Å². The van der Waals surface area contributed by atoms with Crippen LogP contribution in [0, 0.1) is 0 Å². The zero-order chi connectivity index (χ0) is 8.97. The van der Waals surface area contributed by atoms with Crippen molar-refractivity contribution in [1.82, 2.24) is 9.88 Å². The largest absolute Gasteiger partial charge is 0.345 e. The minimum atomic E-state index is -0.0250. The Morgan fingerprint density at radius 2 is 2.42 bits per heavy atom. The highest BCUT2D eigenvalue weighted by Gasteiger charge is 1.96. The molecule has 1 amide bonds. The van der Waals surface area contributed by atoms with Crippen molar-refractivity contribution in [2.45, 2.75) is 0 Å². The summed E-state index contributed by atoms with van der Waals surface area (Å²) in [4.78, 5) is 16.6. The summed E-state index contributed by atoms with van der Waals surface area (Å²) in [5, 5.41) is 1.89. The average molecular weight is 182 g/mol. The highest BCUT2D eigenvalue weighted by Crippen LogP contribution is 2.02. The van der Waals surface area contributed by atoms with Crippen LogP contribution >= 0.6 is 11.3 Å². The van der Waals surface area contributed by atoms with Gasteiger partial charge in [0.2, 0.25) is 5.91 Å². The standard InChI is InChI=1S/C8H10N2OS/c1-10(2)8(11)4-3-7-5-12-6-9-7/h3-6H,1-2H3. The summed E-state index contributed by atoms with van der Waals surface area (Å²) in [6.07, 6.45) is 3.22. The molecule has 0 saturated carbocycles. The maximum atomic E-state index is 11.1. The molecular weight excluding hydrogens is 172 g/mol. The predicted molar refractivity (Wildman–Crippen MR) is 49.8 cm³/mol. The molecule has 1 heterocycles. The molecule has 0 N–H and O–H groups in total. The van der Waals surface area contributed by atoms with E-state index in [1.807, 2.05) is 5.38 Å². The Morgan fingerprint density at radius 3 is 2.92 bits per heavy atom. The Labute approximate surface area is 75.3 Å². The van der Waals surface area contributed by atoms with Crippen LogP contribution in [0.1, 0.15) is 5.69 Å². The molecule has 0 fully saturated rings. The first-order chi connectivity index (χ1) is 5.70. The predicted octanol–water partition coefficient (Wildman–Crippen LogP) is 1.24. The normalized spacial score (nSPS) is 10.5. The van der Waals surface area contributed by atoms with Crippen LogP contribution in [-0.4, -0.2) is 29.9 Å². The van der Waals surface area contributed by atoms with Crippen molar-refractivity contribution < 1.29 is 4.79 Å². The summed E-state index contributed by atoms with van der Waals surface area (Å²) < 4.78 is 0. The molecule has 1 rings (SSSR count). The van der Waals surface area contributed by atoms with Crippen molar-refractivity contribution in [1.29, 1.82) is 0 Å². The molecular formula is C8H10N2OS. The van der Waals surface area contributed by atoms with Crippen LogP contribution in [0.25, 0.3) is 6.08 Å². The Balaban J connectivity index is 2.57. The number of carbonyl (C=O) groups excluding carboxylic acids is 1. The maximum absolute atomic E-state index is 11.1. The SMILES string of the molecule is CN(C)C(=O)C=Cc1cscn1. The molecule has 0 bridgehead atoms. The number of rotatable bonds is 2. The number of hydrogen-bond donors (Lipinski definition) is 0. The summed E-state index contributed by atoms with van der Waals surface area (Å²) in [6, 6.07) is 0. The van der Waals surface area contributed by atoms with Crippen molar-refractivity contribution >= 4 is 23.3 Å². The smallest absolute Gasteiger partial charge is 0.246 e. The van der Waals surface area contributed by atoms with E-state index in [2.05, 4.69) is 4.98 Å². The number of aromatic nitrogens is 1. The number of carbonyl (C=O) groups is 1. The third kappa shape index (κ3) is 2.47. The van der Waals surface area contributed by atoms with Gasteiger partial charge >= 0.3 is 0 Å². The van der Waals surface area contributed by atoms with Gasteiger partial charge in [-0.15, -0.1) is 11.3 Å². The number of nitrogens with zero attached hydrogens (tertiary/aromatic N) is 2. The Bertz CT molecular complexity index is 277. The van der Waals surface area contributed by atoms with Crippen LogP contribution in [0.4, 0.5) is 0 Å². The first kappa shape index (κ1) is 8.93. The molecule has 12 heavy (non-hydrogen) atoms. The highest BCUT2D eigenvalue weighted by molar-refractivity contribution is 7.07. The van der Waals surface area contributed by atoms with Gasteiger partial charge in [-0.2, -0.15) is 0 Å². The molecule has 64 valence electrons. The lowest BCUT2D eigenvalue weighted by Crippen LogP contribution is -2.18. The van der Waals surface area contributed by atoms with Crippen LogP contribution in [0.15, 0.2) is 17.0 Å². The van der Waals surface area contributed by atoms with Crippen molar-refractivity contribution in [3.8, 4) is 0 Å². The van der Waals surface area contributed by atoms with E-state index in [-0.39, 0.29) is 5.91 Å². The molecule has 0 radical (unpaired) electrons. The lowest BCUT2D eigenvalue weighted by Gasteiger charge is -2.04. The van der Waals surface area contributed by atoms with E-state index in [0.29, 0.717) is 0 Å². The van der Waals surface area contributed by atoms with Crippen LogP contribution < -0.4 is 0 Å². The first-order valence-corrected chi connectivity index (χ1v) is 4.42. The Kier molecular flexibility index (Phi) is 2.99. The number of amides is 1. The van der Waals surface area contributed by atoms with Crippen molar-refractivity contribution in [2.24, 2.45) is 0 Å². The molecule has 0 spiro atoms. The third-order valence-electron chi connectivity index (χ3n) is 1.29. The summed E-state index contributed by atoms with van der Waals surface area (Å²) in [5.41, 5.74) is 2.56. The van der Waals surface area contributed by atoms with Gasteiger partial charge in [0.05, 0.1) is 11.2 Å². The fourth-order valence-corrected chi connectivity index (χ4v) is 1.13. The third-order valence-corrected chi connectivity index (χ3v) is 1.89. The van der Waals surface area contributed by atoms with Crippen LogP contribution in [-0.2, 0) is 4.79 Å². The Morgan fingerprint density at radius 1 is 1.67 bits per heavy atom. The second-order valence-electron chi connectivity index (χ2n) is 2.48. The molecule has 1 aromatic rings. The second kappa shape index (κ2) is 4.01. The quantitative estimate of drug-likeness (QED) is 0.645. The van der Waals surface area contributed by atoms with Gasteiger partial charge in [-0.05, 0) is 6.08 Å². The van der Waals surface area contributed by atoms with E-state index < -0.39 is 0 Å². The lowest BCUT2D eigenvalue weighted by atomic mass is 10.4. The number of hydrogen-bond acceptors (Lipinski definition) is 3. The highest BCUT2D eigenvalue weighted by atomic mass is 32.1. The van der Waals surface area contributed by atoms with Gasteiger partial charge in [0.1, 0.15) is 0 Å². The maximum Gasteiger partial charge on any atom is 0.246 e. The monoisotopic (exact) mass is 182 g/mol. The van der Waals surface area contributed by atoms with Gasteiger partial charge in [0.15, 0.2) is 0 Å². The van der Waals surface area contributed by atoms with Crippen LogP contribution in [0.2, 0.25) is 0 Å². The van der Waals surface area contributed by atoms with Gasteiger partial charge in [0.25, 0.3) is 0 Å². The molecule has 0 aliphatic heterocycles. The second-order valence-corrected chi connectivity index (χ2v) is 3.20. The van der Waals surface area contributed by atoms with Crippen molar-refractivity contribution in [2.75, 3.05) is 14.1 Å². The molecule has 4 heteroatoms. The van der Waals surface area contributed by atoms with Gasteiger partial charge in [-0.1, -0.05) is 0 Å². The average Bonchev–Trinajstić information content (AvgIpc) is 2.51. The zero-order valence-corrected chi connectivity index (χ0v) is 7.84. The fraction of sp³-hybridized carbons (Fsp3) is 0.250. The van der Waals surface area contributed by atoms with Gasteiger partial charge in [0, 0.05) is 25.6 Å². The van der Waals surface area contributed by atoms with Gasteiger partial charge in [-0.25, -0.2) is 4.98 Å². The summed E-state index contributed by atoms with van der Waals surface area (Å²) in [6.45, 7) is 0. The van der Waals surface area contributed by atoms with Gasteiger partial charge < -0.3 is 4.90 Å². The topological polar surface area (TPSA) is 33.2 Å². The summed E-state index contributed by atoms with van der Waals surface area (Å²) in [7, 11) is 3.43. The number of thiazole rings is 1. The van der Waals surface area contributed by atoms with Crippen molar-refractivity contribution in [3.05, 3.63) is 22.7 Å². The van der Waals surface area contributed by atoms with Crippen LogP contribution in [0.3, 0.4) is 0 Å². The molecule has 0 saturated heterocycles. The molecule has 0 aromatic carbocycles. The van der Waals surface area contributed by atoms with Crippen LogP contribution in [0.5, 0.6) is 0 Å². The van der Waals surface area contributed by atoms with E-state index in [1.165, 1.54) is 22.3 Å². The molecule has 0 unspecified atom stereocenters. The van der Waals surface area contributed by atoms with E-state index >= 15 is 0 Å².